The minimum Gasteiger partial charge on any atom is -0.508 e. The molecule has 2 saturated heterocycles. The molecule has 0 aliphatic carbocycles. The Hall–Kier alpha value is -8.38. The first kappa shape index (κ1) is 88.8. The van der Waals surface area contributed by atoms with Crippen molar-refractivity contribution >= 4 is 88.5 Å². The number of hydrogen-bond acceptors (Lipinski definition) is 22. The lowest BCUT2D eigenvalue weighted by molar-refractivity contribution is -0.168. The number of carbonyl (C=O) groups is 13. The van der Waals surface area contributed by atoms with E-state index < -0.39 is 215 Å². The Kier molecular flexibility index (Phi) is 33.6. The highest BCUT2D eigenvalue weighted by Crippen LogP contribution is 2.32. The van der Waals surface area contributed by atoms with Crippen molar-refractivity contribution in [3.63, 3.8) is 0 Å². The SMILES string of the molecule is CCC(C)C=C(C)C=CC(O)C(C)(O)C(=O)NCC(=O)NC(C)(C(=O)NC(C(=O)NC(C(=O)NC1C(=O)NC(COC)C(=O)NCC(=O)NC(C)C(=O)N(C)C(C(C)O)C(=O)NC(C(OC)c2ccc(O)cc2)C(=O)N2CCC(Cl)CC2C(=O)OC1C(C)C)C(C)C(C)(C)C(N)=O)C(C)N)C(C)O. The lowest BCUT2D eigenvalue weighted by atomic mass is 9.74. The van der Waals surface area contributed by atoms with Gasteiger partial charge in [-0.3, -0.25) is 57.5 Å². The average molecular weight is 1480 g/mol. The number of alkyl halides is 1. The molecule has 103 heavy (non-hydrogen) atoms. The van der Waals surface area contributed by atoms with Crippen molar-refractivity contribution in [2.75, 3.05) is 47.5 Å². The highest BCUT2D eigenvalue weighted by molar-refractivity contribution is 6.21. The number of carbonyl (C=O) groups excluding carboxylic acids is 13. The maximum Gasteiger partial charge on any atom is 0.329 e. The van der Waals surface area contributed by atoms with Gasteiger partial charge in [0, 0.05) is 44.6 Å². The highest BCUT2D eigenvalue weighted by Gasteiger charge is 2.50. The van der Waals surface area contributed by atoms with Crippen molar-refractivity contribution in [3.8, 4) is 5.75 Å². The maximum absolute atomic E-state index is 15.5. The van der Waals surface area contributed by atoms with E-state index in [1.807, 2.05) is 19.9 Å². The number of likely N-dealkylation sites (N-methyl/N-ethyl adjacent to an activating group) is 1. The number of piperidine rings is 1. The van der Waals surface area contributed by atoms with E-state index in [0.29, 0.717) is 0 Å². The van der Waals surface area contributed by atoms with Gasteiger partial charge in [0.05, 0.1) is 31.9 Å². The number of methoxy groups -OCH3 is 2. The minimum absolute atomic E-state index is 0.0376. The molecule has 578 valence electrons. The quantitative estimate of drug-likeness (QED) is 0.0233. The second kappa shape index (κ2) is 38.9. The van der Waals surface area contributed by atoms with E-state index in [-0.39, 0.29) is 36.6 Å². The van der Waals surface area contributed by atoms with Crippen LogP contribution in [0, 0.1) is 23.2 Å². The first-order valence-corrected chi connectivity index (χ1v) is 34.3. The number of halogens is 1. The first-order valence-electron chi connectivity index (χ1n) is 33.8. The second-order valence-corrected chi connectivity index (χ2v) is 28.3. The molecule has 0 saturated carbocycles. The molecule has 34 nitrogen and oxygen atoms in total. The number of benzene rings is 1. The lowest BCUT2D eigenvalue weighted by Gasteiger charge is -2.41. The van der Waals surface area contributed by atoms with Crippen molar-refractivity contribution < 1.29 is 102 Å². The summed E-state index contributed by atoms with van der Waals surface area (Å²) < 4.78 is 17.4. The van der Waals surface area contributed by atoms with Gasteiger partial charge in [-0.05, 0) is 96.8 Å². The van der Waals surface area contributed by atoms with Crippen LogP contribution in [0.15, 0.2) is 48.1 Å². The van der Waals surface area contributed by atoms with E-state index in [2.05, 4.69) is 47.9 Å². The van der Waals surface area contributed by atoms with Crippen molar-refractivity contribution in [3.05, 3.63) is 53.6 Å². The van der Waals surface area contributed by atoms with Gasteiger partial charge in [0.2, 0.25) is 65.0 Å². The molecule has 0 aromatic heterocycles. The summed E-state index contributed by atoms with van der Waals surface area (Å²) in [6, 6.07) is -10.7. The van der Waals surface area contributed by atoms with Gasteiger partial charge in [0.25, 0.3) is 5.91 Å². The molecule has 19 unspecified atom stereocenters. The number of rotatable bonds is 27. The number of aliphatic hydroxyl groups is 4. The summed E-state index contributed by atoms with van der Waals surface area (Å²) in [6.07, 6.45) is -3.36. The number of fused-ring (bicyclic) bond motifs is 1. The minimum atomic E-state index is -2.48. The van der Waals surface area contributed by atoms with Gasteiger partial charge in [-0.2, -0.15) is 0 Å². The van der Waals surface area contributed by atoms with Crippen molar-refractivity contribution in [2.45, 2.75) is 218 Å². The van der Waals surface area contributed by atoms with E-state index in [1.165, 1.54) is 98.9 Å². The summed E-state index contributed by atoms with van der Waals surface area (Å²) >= 11 is 6.77. The Morgan fingerprint density at radius 3 is 1.99 bits per heavy atom. The monoisotopic (exact) mass is 1480 g/mol. The second-order valence-electron chi connectivity index (χ2n) is 27.7. The number of nitrogens with two attached hydrogens (primary N) is 2. The van der Waals surface area contributed by atoms with Crippen LogP contribution in [0.2, 0.25) is 0 Å². The zero-order valence-corrected chi connectivity index (χ0v) is 62.3. The smallest absolute Gasteiger partial charge is 0.329 e. The number of amides is 12. The number of phenolic OH excluding ortho intramolecular Hbond substituents is 1. The molecular formula is C68H108ClN13O21. The average Bonchev–Trinajstić information content (AvgIpc) is 0.798. The number of esters is 1. The molecule has 2 fully saturated rings. The standard InChI is InChI=1S/C68H108ClN13O21/c1-18-33(4)27-34(5)19-24-45(86)68(14,100)65(99)73-30-47(88)80-67(13,39(10)84)64(98)79-49(36(7)70)57(91)76-48(35(6)66(11,12)63(71)97)56(90)77-50-53(32(2)3)103-62(96)44-28-41(69)25-26-82(44)61(95)51(54(102-17)40-20-22-42(85)23-21-40)78-59(93)52(38(9)83)81(15)60(94)37(8)74-46(87)29-72-55(89)43(31-101-16)75-58(50)92/h19-24,27,32-33,35-39,41,43-45,48-54,83-86,100H,18,25-26,28-31,70H2,1-17H3,(H2,71,97)(H,72,89)(H,73,99)(H,74,87)(H,75,92)(H,76,91)(H,77,90)(H,78,93)(H,79,98)(H,80,88). The van der Waals surface area contributed by atoms with Crippen LogP contribution in [0.4, 0.5) is 0 Å². The molecule has 0 bridgehead atoms. The molecule has 2 aliphatic rings. The lowest BCUT2D eigenvalue weighted by Crippen LogP contribution is -2.69. The van der Waals surface area contributed by atoms with Gasteiger partial charge in [0.1, 0.15) is 77.9 Å². The first-order chi connectivity index (χ1) is 47.7. The molecule has 35 heteroatoms. The number of cyclic esters (lactones) is 1. The number of primary amides is 1. The summed E-state index contributed by atoms with van der Waals surface area (Å²) in [5.74, 6) is -17.4. The summed E-state index contributed by atoms with van der Waals surface area (Å²) in [4.78, 5) is 189. The molecule has 1 aromatic rings. The fourth-order valence-electron chi connectivity index (χ4n) is 11.2. The molecule has 1 aromatic carbocycles. The summed E-state index contributed by atoms with van der Waals surface area (Å²) in [5, 5.41) is 74.9. The van der Waals surface area contributed by atoms with Gasteiger partial charge in [-0.1, -0.05) is 90.8 Å². The third-order valence-corrected chi connectivity index (χ3v) is 19.1. The zero-order chi connectivity index (χ0) is 78.7. The molecule has 0 radical (unpaired) electrons. The number of nitrogens with zero attached hydrogens (tertiary/aromatic N) is 2. The molecule has 3 rings (SSSR count). The van der Waals surface area contributed by atoms with Gasteiger partial charge in [-0.15, -0.1) is 11.6 Å². The predicted octanol–water partition coefficient (Wildman–Crippen LogP) is -3.31. The number of nitrogens with one attached hydrogen (secondary N) is 9. The van der Waals surface area contributed by atoms with E-state index in [0.717, 1.165) is 56.7 Å². The summed E-state index contributed by atoms with van der Waals surface area (Å²) in [6.45, 7) is 16.7. The van der Waals surface area contributed by atoms with Crippen LogP contribution in [0.3, 0.4) is 0 Å². The van der Waals surface area contributed by atoms with Crippen molar-refractivity contribution in [2.24, 2.45) is 34.6 Å². The van der Waals surface area contributed by atoms with Crippen LogP contribution < -0.4 is 59.3 Å². The number of phenols is 1. The summed E-state index contributed by atoms with van der Waals surface area (Å²) in [5.41, 5.74) is 6.58. The number of aliphatic hydroxyl groups excluding tert-OH is 3. The molecule has 0 spiro atoms. The van der Waals surface area contributed by atoms with Crippen LogP contribution in [-0.4, -0.2) is 255 Å². The Labute approximate surface area is 605 Å². The topological polar surface area (TPSA) is 518 Å². The largest absolute Gasteiger partial charge is 0.508 e. The third-order valence-electron chi connectivity index (χ3n) is 18.7. The fourth-order valence-corrected chi connectivity index (χ4v) is 11.5. The molecule has 18 N–H and O–H groups in total. The number of aromatic hydroxyl groups is 1. The predicted molar refractivity (Wildman–Crippen MR) is 373 cm³/mol. The Balaban J connectivity index is 2.26. The third kappa shape index (κ3) is 23.8. The molecule has 2 aliphatic heterocycles. The Morgan fingerprint density at radius 2 is 1.46 bits per heavy atom. The van der Waals surface area contributed by atoms with Crippen LogP contribution in [0.1, 0.15) is 128 Å². The summed E-state index contributed by atoms with van der Waals surface area (Å²) in [7, 11) is 3.49. The molecule has 12 amide bonds. The number of allylic oxidation sites excluding steroid dienone is 3. The van der Waals surface area contributed by atoms with E-state index in [9.17, 15) is 68.7 Å². The zero-order valence-electron chi connectivity index (χ0n) is 61.6. The Morgan fingerprint density at radius 1 is 0.845 bits per heavy atom. The number of ether oxygens (including phenoxy) is 3. The van der Waals surface area contributed by atoms with Crippen LogP contribution in [0.5, 0.6) is 5.75 Å². The van der Waals surface area contributed by atoms with Crippen molar-refractivity contribution in [1.29, 1.82) is 0 Å². The normalized spacial score (nSPS) is 25.0. The van der Waals surface area contributed by atoms with E-state index in [4.69, 9.17) is 37.3 Å². The van der Waals surface area contributed by atoms with E-state index >= 15 is 19.2 Å². The van der Waals surface area contributed by atoms with Crippen LogP contribution >= 0.6 is 11.6 Å². The van der Waals surface area contributed by atoms with Gasteiger partial charge in [-0.25, -0.2) is 4.79 Å². The van der Waals surface area contributed by atoms with E-state index in [1.54, 1.807) is 6.92 Å². The molecular weight excluding hydrogens is 1370 g/mol. The van der Waals surface area contributed by atoms with Gasteiger partial charge >= 0.3 is 5.97 Å². The molecule has 2 heterocycles. The fraction of sp³-hybridized carbons (Fsp3) is 0.662. The van der Waals surface area contributed by atoms with Gasteiger partial charge < -0.3 is 109 Å². The highest BCUT2D eigenvalue weighted by atomic mass is 35.5. The van der Waals surface area contributed by atoms with Crippen molar-refractivity contribution in [1.82, 2.24) is 57.7 Å². The van der Waals surface area contributed by atoms with Gasteiger partial charge in [0.15, 0.2) is 5.60 Å². The van der Waals surface area contributed by atoms with Crippen LogP contribution in [-0.2, 0) is 76.5 Å². The maximum atomic E-state index is 15.5. The Bertz CT molecular complexity index is 3260. The number of hydrogen-bond donors (Lipinski definition) is 16. The van der Waals surface area contributed by atoms with Crippen LogP contribution in [0.25, 0.3) is 0 Å². The molecule has 19 atom stereocenters.